The first-order valence-corrected chi connectivity index (χ1v) is 8.23. The van der Waals surface area contributed by atoms with Gasteiger partial charge in [-0.25, -0.2) is 0 Å². The van der Waals surface area contributed by atoms with Crippen LogP contribution in [-0.2, 0) is 4.79 Å². The highest BCUT2D eigenvalue weighted by Crippen LogP contribution is 2.27. The first-order chi connectivity index (χ1) is 12.2. The lowest BCUT2D eigenvalue weighted by atomic mass is 9.88. The van der Waals surface area contributed by atoms with Gasteiger partial charge in [-0.15, -0.1) is 0 Å². The van der Waals surface area contributed by atoms with Crippen LogP contribution in [0, 0.1) is 0 Å². The van der Waals surface area contributed by atoms with Gasteiger partial charge in [-0.1, -0.05) is 78.9 Å². The lowest BCUT2D eigenvalue weighted by molar-refractivity contribution is -0.120. The molecule has 0 saturated carbocycles. The molecule has 3 aromatic carbocycles. The quantitative estimate of drug-likeness (QED) is 0.764. The van der Waals surface area contributed by atoms with Gasteiger partial charge in [-0.05, 0) is 23.3 Å². The Balaban J connectivity index is 1.76. The van der Waals surface area contributed by atoms with Crippen molar-refractivity contribution in [1.29, 1.82) is 0 Å². The summed E-state index contributed by atoms with van der Waals surface area (Å²) in [6.07, 6.45) is 0.215. The number of benzene rings is 3. The Morgan fingerprint density at radius 2 is 1.12 bits per heavy atom. The summed E-state index contributed by atoms with van der Waals surface area (Å²) in [4.78, 5) is 24.6. The predicted molar refractivity (Wildman–Crippen MR) is 98.3 cm³/mol. The number of carbonyl (C=O) groups is 2. The van der Waals surface area contributed by atoms with Crippen molar-refractivity contribution >= 4 is 11.8 Å². The zero-order chi connectivity index (χ0) is 17.5. The summed E-state index contributed by atoms with van der Waals surface area (Å²) in [7, 11) is 0. The molecule has 25 heavy (non-hydrogen) atoms. The van der Waals surface area contributed by atoms with Gasteiger partial charge in [0, 0.05) is 17.9 Å². The average Bonchev–Trinajstić information content (AvgIpc) is 2.68. The zero-order valence-corrected chi connectivity index (χ0v) is 13.8. The summed E-state index contributed by atoms with van der Waals surface area (Å²) in [5, 5.41) is 2.49. The minimum absolute atomic E-state index is 0.0917. The maximum atomic E-state index is 12.5. The van der Waals surface area contributed by atoms with Gasteiger partial charge in [0.05, 0.1) is 0 Å². The molecule has 2 amide bonds. The number of hydrogen-bond donors (Lipinski definition) is 1. The van der Waals surface area contributed by atoms with Crippen LogP contribution in [0.4, 0.5) is 0 Å². The fraction of sp³-hybridized carbons (Fsp3) is 0.0909. The maximum absolute atomic E-state index is 12.5. The molecular weight excluding hydrogens is 310 g/mol. The van der Waals surface area contributed by atoms with Crippen molar-refractivity contribution in [3.05, 3.63) is 108 Å². The molecule has 0 bridgehead atoms. The standard InChI is InChI=1S/C22H19NO2/c24-21(23-22(25)19-14-8-3-9-15-19)16-20(17-10-4-1-5-11-17)18-12-6-2-7-13-18/h1-15,20H,16H2,(H,23,24,25). The van der Waals surface area contributed by atoms with Crippen molar-refractivity contribution in [2.75, 3.05) is 0 Å². The second kappa shape index (κ2) is 8.06. The normalized spacial score (nSPS) is 10.4. The number of carbonyl (C=O) groups excluding carboxylic acids is 2. The second-order valence-electron chi connectivity index (χ2n) is 5.82. The minimum Gasteiger partial charge on any atom is -0.292 e. The predicted octanol–water partition coefficient (Wildman–Crippen LogP) is 4.17. The molecule has 0 radical (unpaired) electrons. The average molecular weight is 329 g/mol. The highest BCUT2D eigenvalue weighted by Gasteiger charge is 2.19. The summed E-state index contributed by atoms with van der Waals surface area (Å²) < 4.78 is 0. The monoisotopic (exact) mass is 329 g/mol. The van der Waals surface area contributed by atoms with Gasteiger partial charge in [-0.2, -0.15) is 0 Å². The summed E-state index contributed by atoms with van der Waals surface area (Å²) in [5.41, 5.74) is 2.58. The summed E-state index contributed by atoms with van der Waals surface area (Å²) in [6.45, 7) is 0. The lowest BCUT2D eigenvalue weighted by Gasteiger charge is -2.17. The third-order valence-electron chi connectivity index (χ3n) is 4.08. The second-order valence-corrected chi connectivity index (χ2v) is 5.82. The molecule has 0 atom stereocenters. The van der Waals surface area contributed by atoms with Crippen molar-refractivity contribution in [1.82, 2.24) is 5.32 Å². The molecule has 0 aliphatic heterocycles. The minimum atomic E-state index is -0.370. The van der Waals surface area contributed by atoms with Gasteiger partial charge in [-0.3, -0.25) is 14.9 Å². The van der Waals surface area contributed by atoms with E-state index in [9.17, 15) is 9.59 Å². The largest absolute Gasteiger partial charge is 0.292 e. The molecule has 0 saturated heterocycles. The summed E-state index contributed by atoms with van der Waals surface area (Å²) in [6, 6.07) is 28.5. The Bertz CT molecular complexity index is 790. The van der Waals surface area contributed by atoms with E-state index in [2.05, 4.69) is 5.32 Å². The van der Waals surface area contributed by atoms with E-state index in [1.165, 1.54) is 0 Å². The first kappa shape index (κ1) is 16.7. The lowest BCUT2D eigenvalue weighted by Crippen LogP contribution is -2.31. The van der Waals surface area contributed by atoms with Crippen LogP contribution in [0.15, 0.2) is 91.0 Å². The molecule has 0 spiro atoms. The molecule has 0 heterocycles. The van der Waals surface area contributed by atoms with E-state index >= 15 is 0 Å². The molecule has 0 aliphatic carbocycles. The first-order valence-electron chi connectivity index (χ1n) is 8.23. The van der Waals surface area contributed by atoms with E-state index in [0.717, 1.165) is 11.1 Å². The molecule has 0 aliphatic rings. The van der Waals surface area contributed by atoms with Gasteiger partial charge in [0.2, 0.25) is 5.91 Å². The third kappa shape index (κ3) is 4.42. The number of hydrogen-bond acceptors (Lipinski definition) is 2. The van der Waals surface area contributed by atoms with E-state index in [4.69, 9.17) is 0 Å². The zero-order valence-electron chi connectivity index (χ0n) is 13.8. The van der Waals surface area contributed by atoms with Crippen molar-refractivity contribution in [3.8, 4) is 0 Å². The van der Waals surface area contributed by atoms with Gasteiger partial charge >= 0.3 is 0 Å². The topological polar surface area (TPSA) is 46.2 Å². The van der Waals surface area contributed by atoms with Crippen LogP contribution in [0.3, 0.4) is 0 Å². The fourth-order valence-electron chi connectivity index (χ4n) is 2.82. The third-order valence-corrected chi connectivity index (χ3v) is 4.08. The number of nitrogens with one attached hydrogen (secondary N) is 1. The van der Waals surface area contributed by atoms with Crippen LogP contribution < -0.4 is 5.32 Å². The van der Waals surface area contributed by atoms with Gasteiger partial charge in [0.1, 0.15) is 0 Å². The van der Waals surface area contributed by atoms with Crippen LogP contribution in [-0.4, -0.2) is 11.8 Å². The van der Waals surface area contributed by atoms with E-state index in [0.29, 0.717) is 5.56 Å². The molecule has 3 heteroatoms. The van der Waals surface area contributed by atoms with E-state index in [-0.39, 0.29) is 24.2 Å². The number of rotatable bonds is 5. The van der Waals surface area contributed by atoms with Crippen molar-refractivity contribution in [2.45, 2.75) is 12.3 Å². The van der Waals surface area contributed by atoms with Gasteiger partial charge in [0.15, 0.2) is 0 Å². The van der Waals surface area contributed by atoms with Crippen LogP contribution >= 0.6 is 0 Å². The Labute approximate surface area is 147 Å². The maximum Gasteiger partial charge on any atom is 0.257 e. The van der Waals surface area contributed by atoms with Crippen LogP contribution in [0.25, 0.3) is 0 Å². The molecule has 0 unspecified atom stereocenters. The van der Waals surface area contributed by atoms with Crippen molar-refractivity contribution < 1.29 is 9.59 Å². The molecular formula is C22H19NO2. The SMILES string of the molecule is O=C(CC(c1ccccc1)c1ccccc1)NC(=O)c1ccccc1. The number of imide groups is 1. The molecule has 3 rings (SSSR count). The van der Waals surface area contributed by atoms with E-state index in [1.807, 2.05) is 66.7 Å². The van der Waals surface area contributed by atoms with Gasteiger partial charge in [0.25, 0.3) is 5.91 Å². The molecule has 3 aromatic rings. The summed E-state index contributed by atoms with van der Waals surface area (Å²) >= 11 is 0. The Hall–Kier alpha value is -3.20. The molecule has 3 nitrogen and oxygen atoms in total. The smallest absolute Gasteiger partial charge is 0.257 e. The molecule has 0 aromatic heterocycles. The van der Waals surface area contributed by atoms with Crippen LogP contribution in [0.5, 0.6) is 0 Å². The molecule has 0 fully saturated rings. The van der Waals surface area contributed by atoms with E-state index in [1.54, 1.807) is 24.3 Å². The Morgan fingerprint density at radius 1 is 0.680 bits per heavy atom. The highest BCUT2D eigenvalue weighted by atomic mass is 16.2. The Kier molecular flexibility index (Phi) is 5.37. The van der Waals surface area contributed by atoms with E-state index < -0.39 is 0 Å². The van der Waals surface area contributed by atoms with Crippen LogP contribution in [0.1, 0.15) is 33.8 Å². The number of amides is 2. The fourth-order valence-corrected chi connectivity index (χ4v) is 2.82. The Morgan fingerprint density at radius 3 is 1.60 bits per heavy atom. The van der Waals surface area contributed by atoms with Crippen molar-refractivity contribution in [2.24, 2.45) is 0 Å². The van der Waals surface area contributed by atoms with Crippen molar-refractivity contribution in [3.63, 3.8) is 0 Å². The highest BCUT2D eigenvalue weighted by molar-refractivity contribution is 6.04. The molecule has 1 N–H and O–H groups in total. The van der Waals surface area contributed by atoms with Crippen LogP contribution in [0.2, 0.25) is 0 Å². The molecule has 124 valence electrons. The van der Waals surface area contributed by atoms with Gasteiger partial charge < -0.3 is 0 Å². The summed E-state index contributed by atoms with van der Waals surface area (Å²) in [5.74, 6) is -0.747.